The number of anilines is 1. The molecular formula is C54H45N5O4Si. The highest BCUT2D eigenvalue weighted by Gasteiger charge is 2.40. The summed E-state index contributed by atoms with van der Waals surface area (Å²) in [6.45, 7) is 0. The van der Waals surface area contributed by atoms with Crippen molar-refractivity contribution < 1.29 is 18.1 Å². The smallest absolute Gasteiger partial charge is 0.373 e. The maximum Gasteiger partial charge on any atom is 0.536 e. The van der Waals surface area contributed by atoms with Crippen LogP contribution in [-0.4, -0.2) is 56.0 Å². The van der Waals surface area contributed by atoms with Gasteiger partial charge in [-0.3, -0.25) is 4.79 Å². The molecule has 314 valence electrons. The van der Waals surface area contributed by atoms with Crippen LogP contribution in [-0.2, 0) is 13.3 Å². The molecule has 5 heterocycles. The molecule has 1 amide bonds. The SMILES string of the molecule is CO[Si](OC)(OC)c1ccc(NC(=O)c2ccc(C3=c4ccc([nH]4)=C(c4ccccc4)c4ccc([nH]4)C(c4ccccc4)=c4ccc([nH]4)=C(c4ccccc4)c4ccc3[nH]4)cc2)cc1. The second-order valence-electron chi connectivity index (χ2n) is 15.5. The van der Waals surface area contributed by atoms with E-state index in [9.17, 15) is 4.79 Å². The molecule has 0 saturated heterocycles. The van der Waals surface area contributed by atoms with Gasteiger partial charge in [-0.2, -0.15) is 0 Å². The highest BCUT2D eigenvalue weighted by molar-refractivity contribution is 6.75. The van der Waals surface area contributed by atoms with E-state index in [0.29, 0.717) is 11.3 Å². The summed E-state index contributed by atoms with van der Waals surface area (Å²) in [5, 5.41) is 7.66. The second-order valence-corrected chi connectivity index (χ2v) is 18.4. The molecule has 5 N–H and O–H groups in total. The van der Waals surface area contributed by atoms with Gasteiger partial charge in [-0.25, -0.2) is 0 Å². The molecule has 0 saturated carbocycles. The molecule has 0 aliphatic carbocycles. The molecule has 0 radical (unpaired) electrons. The highest BCUT2D eigenvalue weighted by Crippen LogP contribution is 2.28. The molecule has 8 bridgehead atoms. The van der Waals surface area contributed by atoms with E-state index in [1.165, 1.54) is 0 Å². The lowest BCUT2D eigenvalue weighted by Crippen LogP contribution is -2.54. The summed E-state index contributed by atoms with van der Waals surface area (Å²) in [4.78, 5) is 29.0. The lowest BCUT2D eigenvalue weighted by Gasteiger charge is -2.24. The van der Waals surface area contributed by atoms with E-state index in [0.717, 1.165) is 93.9 Å². The zero-order valence-corrected chi connectivity index (χ0v) is 36.5. The van der Waals surface area contributed by atoms with E-state index in [2.05, 4.69) is 147 Å². The summed E-state index contributed by atoms with van der Waals surface area (Å²) in [6.07, 6.45) is 0. The van der Waals surface area contributed by atoms with E-state index < -0.39 is 8.80 Å². The van der Waals surface area contributed by atoms with Gasteiger partial charge in [-0.15, -0.1) is 0 Å². The maximum atomic E-state index is 13.7. The number of hydrogen-bond donors (Lipinski definition) is 5. The van der Waals surface area contributed by atoms with E-state index >= 15 is 0 Å². The summed E-state index contributed by atoms with van der Waals surface area (Å²) in [6, 6.07) is 63.7. The largest absolute Gasteiger partial charge is 0.536 e. The topological polar surface area (TPSA) is 120 Å². The first-order valence-electron chi connectivity index (χ1n) is 21.1. The molecule has 10 rings (SSSR count). The van der Waals surface area contributed by atoms with Crippen molar-refractivity contribution in [3.8, 4) is 0 Å². The second kappa shape index (κ2) is 17.2. The first-order chi connectivity index (χ1) is 31.4. The Kier molecular flexibility index (Phi) is 10.8. The molecular weight excluding hydrogens is 811 g/mol. The fourth-order valence-corrected chi connectivity index (χ4v) is 10.5. The van der Waals surface area contributed by atoms with Crippen molar-refractivity contribution in [2.24, 2.45) is 0 Å². The van der Waals surface area contributed by atoms with E-state index in [-0.39, 0.29) is 5.91 Å². The fourth-order valence-electron chi connectivity index (χ4n) is 8.74. The van der Waals surface area contributed by atoms with Crippen molar-refractivity contribution in [2.45, 2.75) is 0 Å². The molecule has 0 spiro atoms. The van der Waals surface area contributed by atoms with Crippen LogP contribution in [0.3, 0.4) is 0 Å². The minimum atomic E-state index is -3.01. The predicted molar refractivity (Wildman–Crippen MR) is 255 cm³/mol. The predicted octanol–water partition coefficient (Wildman–Crippen LogP) is 6.64. The number of aromatic amines is 4. The van der Waals surface area contributed by atoms with Crippen LogP contribution in [0.5, 0.6) is 0 Å². The fraction of sp³-hybridized carbons (Fsp3) is 0.0556. The Labute approximate surface area is 371 Å². The van der Waals surface area contributed by atoms with Gasteiger partial charge in [0.05, 0.1) is 0 Å². The first kappa shape index (κ1) is 40.3. The Balaban J connectivity index is 1.14. The summed E-state index contributed by atoms with van der Waals surface area (Å²) >= 11 is 0. The zero-order valence-electron chi connectivity index (χ0n) is 35.5. The van der Waals surface area contributed by atoms with Crippen molar-refractivity contribution in [2.75, 3.05) is 26.6 Å². The quantitative estimate of drug-likeness (QED) is 0.0993. The lowest BCUT2D eigenvalue weighted by molar-refractivity contribution is 0.102. The van der Waals surface area contributed by atoms with Crippen molar-refractivity contribution in [3.05, 3.63) is 260 Å². The van der Waals surface area contributed by atoms with Gasteiger partial charge in [0.25, 0.3) is 5.91 Å². The van der Waals surface area contributed by atoms with Gasteiger partial charge >= 0.3 is 8.80 Å². The molecule has 4 aromatic heterocycles. The number of carbonyl (C=O) groups excluding carboxylic acids is 1. The van der Waals surface area contributed by atoms with Gasteiger partial charge in [0.15, 0.2) is 0 Å². The summed E-state index contributed by atoms with van der Waals surface area (Å²) in [5.41, 5.74) is 13.3. The van der Waals surface area contributed by atoms with Crippen LogP contribution < -0.4 is 31.9 Å². The standard InChI is InChI=1S/C54H45N5O4Si/c1-61-64(62-2,63-3)41-25-23-40(24-26-41)55-54(60)39-21-19-38(20-22-39)53-48-33-31-46(58-48)51(36-15-9-5-10-16-36)44-29-27-42(56-44)50(35-13-7-4-8-14-35)43-28-30-45(57-43)52(37-17-11-6-12-18-37)47-32-34-49(53)59-47/h4-34,56-59H,1-3H3,(H,55,60). The van der Waals surface area contributed by atoms with Crippen LogP contribution in [0, 0.1) is 0 Å². The summed E-state index contributed by atoms with van der Waals surface area (Å²) in [7, 11) is 1.71. The molecule has 9 aromatic rings. The third kappa shape index (κ3) is 7.50. The number of aromatic nitrogens is 4. The Morgan fingerprint density at radius 1 is 0.391 bits per heavy atom. The molecule has 9 nitrogen and oxygen atoms in total. The number of benzene rings is 5. The van der Waals surface area contributed by atoms with Crippen molar-refractivity contribution >= 4 is 47.9 Å². The van der Waals surface area contributed by atoms with E-state index in [4.69, 9.17) is 13.3 Å². The van der Waals surface area contributed by atoms with Crippen molar-refractivity contribution in [3.63, 3.8) is 0 Å². The number of hydrogen-bond acceptors (Lipinski definition) is 4. The van der Waals surface area contributed by atoms with Gasteiger partial charge in [-0.1, -0.05) is 115 Å². The molecule has 1 aliphatic heterocycles. The number of fused-ring (bicyclic) bond motifs is 8. The highest BCUT2D eigenvalue weighted by atomic mass is 28.4. The molecule has 0 atom stereocenters. The Bertz CT molecular complexity index is 3360. The molecule has 0 fully saturated rings. The van der Waals surface area contributed by atoms with Crippen LogP contribution in [0.1, 0.15) is 55.4 Å². The van der Waals surface area contributed by atoms with E-state index in [1.54, 1.807) is 21.3 Å². The monoisotopic (exact) mass is 855 g/mol. The Hall–Kier alpha value is -7.73. The van der Waals surface area contributed by atoms with Crippen molar-refractivity contribution in [1.29, 1.82) is 0 Å². The zero-order chi connectivity index (χ0) is 43.6. The number of amides is 1. The van der Waals surface area contributed by atoms with Gasteiger partial charge in [-0.05, 0) is 95.1 Å². The maximum absolute atomic E-state index is 13.7. The number of carbonyl (C=O) groups is 1. The molecule has 1 aliphatic rings. The van der Waals surface area contributed by atoms with Gasteiger partial charge in [0.2, 0.25) is 0 Å². The number of H-pyrrole nitrogens is 4. The van der Waals surface area contributed by atoms with Crippen LogP contribution in [0.4, 0.5) is 5.69 Å². The molecule has 0 unspecified atom stereocenters. The average molecular weight is 856 g/mol. The van der Waals surface area contributed by atoms with Gasteiger partial charge in [0, 0.05) is 104 Å². The molecule has 5 aromatic carbocycles. The number of nitrogens with one attached hydrogen (secondary N) is 5. The van der Waals surface area contributed by atoms with Gasteiger partial charge in [0.1, 0.15) is 0 Å². The van der Waals surface area contributed by atoms with Crippen LogP contribution >= 0.6 is 0 Å². The van der Waals surface area contributed by atoms with E-state index in [1.807, 2.05) is 66.7 Å². The third-order valence-electron chi connectivity index (χ3n) is 11.8. The average Bonchev–Trinajstić information content (AvgIpc) is 4.20. The molecule has 10 heteroatoms. The minimum Gasteiger partial charge on any atom is -0.373 e. The van der Waals surface area contributed by atoms with Crippen LogP contribution in [0.2, 0.25) is 0 Å². The summed E-state index contributed by atoms with van der Waals surface area (Å²) < 4.78 is 16.9. The summed E-state index contributed by atoms with van der Waals surface area (Å²) in [5.74, 6) is -0.229. The lowest BCUT2D eigenvalue weighted by atomic mass is 10.0. The Morgan fingerprint density at radius 3 is 1.08 bits per heavy atom. The first-order valence-corrected chi connectivity index (χ1v) is 22.8. The van der Waals surface area contributed by atoms with Crippen LogP contribution in [0.15, 0.2) is 188 Å². The van der Waals surface area contributed by atoms with Gasteiger partial charge < -0.3 is 38.5 Å². The van der Waals surface area contributed by atoms with Crippen molar-refractivity contribution in [1.82, 2.24) is 19.9 Å². The molecule has 64 heavy (non-hydrogen) atoms. The number of rotatable bonds is 10. The normalized spacial score (nSPS) is 12.7. The van der Waals surface area contributed by atoms with Crippen LogP contribution in [0.25, 0.3) is 22.3 Å². The minimum absolute atomic E-state index is 0.229. The Morgan fingerprint density at radius 2 is 0.734 bits per heavy atom. The third-order valence-corrected chi connectivity index (χ3v) is 14.5.